The highest BCUT2D eigenvalue weighted by atomic mass is 19.1. The molecule has 1 N–H and O–H groups in total. The fraction of sp³-hybridized carbons (Fsp3) is 0.0714. The molecule has 0 fully saturated rings. The minimum Gasteiger partial charge on any atom is -0.481 e. The zero-order valence-corrected chi connectivity index (χ0v) is 9.36. The SMILES string of the molecule is O=C(O)Cc1cc(F)c(-c2ccccc2)cc1F. The van der Waals surface area contributed by atoms with Crippen LogP contribution in [-0.4, -0.2) is 11.1 Å². The second-order valence-electron chi connectivity index (χ2n) is 3.86. The molecule has 0 radical (unpaired) electrons. The third-order valence-electron chi connectivity index (χ3n) is 2.56. The van der Waals surface area contributed by atoms with Crippen molar-refractivity contribution in [2.45, 2.75) is 6.42 Å². The van der Waals surface area contributed by atoms with Crippen LogP contribution >= 0.6 is 0 Å². The molecule has 0 bridgehead atoms. The van der Waals surface area contributed by atoms with Gasteiger partial charge in [-0.05, 0) is 17.7 Å². The van der Waals surface area contributed by atoms with Crippen molar-refractivity contribution in [3.63, 3.8) is 0 Å². The van der Waals surface area contributed by atoms with E-state index in [4.69, 9.17) is 5.11 Å². The lowest BCUT2D eigenvalue weighted by Gasteiger charge is -2.07. The Labute approximate surface area is 103 Å². The molecule has 0 aliphatic carbocycles. The van der Waals surface area contributed by atoms with Gasteiger partial charge in [0, 0.05) is 11.1 Å². The molecule has 0 amide bonds. The molecule has 2 aromatic carbocycles. The molecule has 0 aromatic heterocycles. The first kappa shape index (κ1) is 12.2. The number of benzene rings is 2. The number of hydrogen-bond acceptors (Lipinski definition) is 1. The van der Waals surface area contributed by atoms with E-state index in [1.165, 1.54) is 0 Å². The second kappa shape index (κ2) is 4.96. The number of carbonyl (C=O) groups is 1. The molecule has 4 heteroatoms. The first-order valence-electron chi connectivity index (χ1n) is 5.33. The summed E-state index contributed by atoms with van der Waals surface area (Å²) >= 11 is 0. The van der Waals surface area contributed by atoms with Crippen molar-refractivity contribution in [3.05, 3.63) is 59.7 Å². The van der Waals surface area contributed by atoms with E-state index < -0.39 is 24.0 Å². The Morgan fingerprint density at radius 1 is 1.06 bits per heavy atom. The maximum absolute atomic E-state index is 13.8. The second-order valence-corrected chi connectivity index (χ2v) is 3.86. The third-order valence-corrected chi connectivity index (χ3v) is 2.56. The van der Waals surface area contributed by atoms with Gasteiger partial charge in [0.2, 0.25) is 0 Å². The molecule has 0 unspecified atom stereocenters. The summed E-state index contributed by atoms with van der Waals surface area (Å²) in [6.07, 6.45) is -0.530. The molecule has 2 aromatic rings. The maximum Gasteiger partial charge on any atom is 0.307 e. The van der Waals surface area contributed by atoms with Gasteiger partial charge in [-0.15, -0.1) is 0 Å². The number of carboxylic acids is 1. The fourth-order valence-electron chi connectivity index (χ4n) is 1.73. The van der Waals surface area contributed by atoms with E-state index in [2.05, 4.69) is 0 Å². The highest BCUT2D eigenvalue weighted by Gasteiger charge is 2.13. The van der Waals surface area contributed by atoms with Gasteiger partial charge >= 0.3 is 5.97 Å². The molecule has 18 heavy (non-hydrogen) atoms. The van der Waals surface area contributed by atoms with Gasteiger partial charge in [0.25, 0.3) is 0 Å². The lowest BCUT2D eigenvalue weighted by atomic mass is 10.0. The van der Waals surface area contributed by atoms with Gasteiger partial charge in [-0.25, -0.2) is 8.78 Å². The number of carboxylic acid groups (broad SMARTS) is 1. The molecular weight excluding hydrogens is 238 g/mol. The monoisotopic (exact) mass is 248 g/mol. The van der Waals surface area contributed by atoms with Crippen LogP contribution in [0.15, 0.2) is 42.5 Å². The van der Waals surface area contributed by atoms with Crippen molar-refractivity contribution in [2.75, 3.05) is 0 Å². The van der Waals surface area contributed by atoms with Crippen LogP contribution < -0.4 is 0 Å². The molecular formula is C14H10F2O2. The minimum atomic E-state index is -1.19. The first-order valence-corrected chi connectivity index (χ1v) is 5.33. The van der Waals surface area contributed by atoms with Gasteiger partial charge in [0.15, 0.2) is 0 Å². The number of aliphatic carboxylic acids is 1. The normalized spacial score (nSPS) is 10.3. The van der Waals surface area contributed by atoms with E-state index in [1.807, 2.05) is 0 Å². The topological polar surface area (TPSA) is 37.3 Å². The van der Waals surface area contributed by atoms with Gasteiger partial charge in [-0.1, -0.05) is 30.3 Å². The summed E-state index contributed by atoms with van der Waals surface area (Å²) < 4.78 is 27.5. The highest BCUT2D eigenvalue weighted by molar-refractivity contribution is 5.71. The van der Waals surface area contributed by atoms with Crippen LogP contribution in [0.25, 0.3) is 11.1 Å². The summed E-state index contributed by atoms with van der Waals surface area (Å²) in [4.78, 5) is 10.5. The summed E-state index contributed by atoms with van der Waals surface area (Å²) in [7, 11) is 0. The van der Waals surface area contributed by atoms with Crippen LogP contribution in [-0.2, 0) is 11.2 Å². The fourth-order valence-corrected chi connectivity index (χ4v) is 1.73. The summed E-state index contributed by atoms with van der Waals surface area (Å²) in [5.41, 5.74) is 0.526. The third kappa shape index (κ3) is 2.53. The van der Waals surface area contributed by atoms with Crippen molar-refractivity contribution >= 4 is 5.97 Å². The van der Waals surface area contributed by atoms with Crippen molar-refractivity contribution in [2.24, 2.45) is 0 Å². The van der Waals surface area contributed by atoms with Crippen molar-refractivity contribution in [3.8, 4) is 11.1 Å². The number of rotatable bonds is 3. The average molecular weight is 248 g/mol. The lowest BCUT2D eigenvalue weighted by molar-refractivity contribution is -0.136. The number of halogens is 2. The smallest absolute Gasteiger partial charge is 0.307 e. The van der Waals surface area contributed by atoms with E-state index in [1.54, 1.807) is 30.3 Å². The Hall–Kier alpha value is -2.23. The van der Waals surface area contributed by atoms with E-state index in [9.17, 15) is 13.6 Å². The zero-order chi connectivity index (χ0) is 13.1. The van der Waals surface area contributed by atoms with Gasteiger partial charge < -0.3 is 5.11 Å². The number of hydrogen-bond donors (Lipinski definition) is 1. The van der Waals surface area contributed by atoms with Gasteiger partial charge in [0.1, 0.15) is 11.6 Å². The molecule has 0 atom stereocenters. The molecule has 0 aliphatic rings. The predicted octanol–water partition coefficient (Wildman–Crippen LogP) is 3.26. The molecule has 0 aliphatic heterocycles. The molecule has 0 saturated heterocycles. The Kier molecular flexibility index (Phi) is 3.37. The summed E-state index contributed by atoms with van der Waals surface area (Å²) in [6.45, 7) is 0. The van der Waals surface area contributed by atoms with Crippen molar-refractivity contribution in [1.29, 1.82) is 0 Å². The zero-order valence-electron chi connectivity index (χ0n) is 9.36. The van der Waals surface area contributed by atoms with Gasteiger partial charge in [-0.3, -0.25) is 4.79 Å². The van der Waals surface area contributed by atoms with E-state index >= 15 is 0 Å². The summed E-state index contributed by atoms with van der Waals surface area (Å²) in [5, 5.41) is 8.58. The lowest BCUT2D eigenvalue weighted by Crippen LogP contribution is -2.03. The molecule has 0 spiro atoms. The maximum atomic E-state index is 13.8. The molecule has 92 valence electrons. The van der Waals surface area contributed by atoms with Crippen LogP contribution in [0.3, 0.4) is 0 Å². The Morgan fingerprint density at radius 2 is 1.72 bits per heavy atom. The van der Waals surface area contributed by atoms with E-state index in [0.717, 1.165) is 12.1 Å². The predicted molar refractivity (Wildman–Crippen MR) is 63.1 cm³/mol. The van der Waals surface area contributed by atoms with E-state index in [0.29, 0.717) is 5.56 Å². The standard InChI is InChI=1S/C14H10F2O2/c15-12-8-11(9-4-2-1-3-5-9)13(16)6-10(12)7-14(17)18/h1-6,8H,7H2,(H,17,18). The minimum absolute atomic E-state index is 0.127. The molecule has 0 heterocycles. The first-order chi connectivity index (χ1) is 8.58. The molecule has 2 nitrogen and oxygen atoms in total. The Bertz CT molecular complexity index is 580. The quantitative estimate of drug-likeness (QED) is 0.905. The Morgan fingerprint density at radius 3 is 2.33 bits per heavy atom. The van der Waals surface area contributed by atoms with Crippen LogP contribution in [0.1, 0.15) is 5.56 Å². The molecule has 2 rings (SSSR count). The largest absolute Gasteiger partial charge is 0.481 e. The van der Waals surface area contributed by atoms with Crippen LogP contribution in [0, 0.1) is 11.6 Å². The van der Waals surface area contributed by atoms with Crippen LogP contribution in [0.2, 0.25) is 0 Å². The van der Waals surface area contributed by atoms with Crippen molar-refractivity contribution < 1.29 is 18.7 Å². The van der Waals surface area contributed by atoms with Gasteiger partial charge in [-0.2, -0.15) is 0 Å². The summed E-state index contributed by atoms with van der Waals surface area (Å²) in [6, 6.07) is 10.5. The van der Waals surface area contributed by atoms with Crippen molar-refractivity contribution in [1.82, 2.24) is 0 Å². The highest BCUT2D eigenvalue weighted by Crippen LogP contribution is 2.25. The van der Waals surface area contributed by atoms with Crippen LogP contribution in [0.5, 0.6) is 0 Å². The van der Waals surface area contributed by atoms with Gasteiger partial charge in [0.05, 0.1) is 6.42 Å². The molecule has 0 saturated carbocycles. The average Bonchev–Trinajstić information content (AvgIpc) is 2.34. The summed E-state index contributed by atoms with van der Waals surface area (Å²) in [5.74, 6) is -2.53. The Balaban J connectivity index is 2.46. The van der Waals surface area contributed by atoms with Crippen LogP contribution in [0.4, 0.5) is 8.78 Å². The van der Waals surface area contributed by atoms with E-state index in [-0.39, 0.29) is 11.1 Å².